The van der Waals surface area contributed by atoms with Crippen LogP contribution < -0.4 is 0 Å². The third kappa shape index (κ3) is 9.00. The van der Waals surface area contributed by atoms with Crippen molar-refractivity contribution < 1.29 is 51.2 Å². The Bertz CT molecular complexity index is 1080. The number of carbonyl (C=O) groups is 3. The Labute approximate surface area is 229 Å². The maximum Gasteiger partial charge on any atom is 0.417 e. The third-order valence-corrected chi connectivity index (χ3v) is 5.33. The predicted octanol–water partition coefficient (Wildman–Crippen LogP) is 4.01. The number of ether oxygens (including phenoxy) is 5. The maximum atomic E-state index is 13.5. The minimum atomic E-state index is -4.73. The van der Waals surface area contributed by atoms with Crippen LogP contribution in [0.3, 0.4) is 0 Å². The van der Waals surface area contributed by atoms with Crippen molar-refractivity contribution in [1.29, 1.82) is 5.41 Å². The van der Waals surface area contributed by atoms with Crippen LogP contribution in [-0.4, -0.2) is 71.1 Å². The number of aliphatic imine (C=N–C) groups is 1. The van der Waals surface area contributed by atoms with Gasteiger partial charge in [-0.25, -0.2) is 0 Å². The van der Waals surface area contributed by atoms with Crippen molar-refractivity contribution in [3.63, 3.8) is 0 Å². The molecule has 0 amide bonds. The van der Waals surface area contributed by atoms with Crippen molar-refractivity contribution in [3.8, 4) is 0 Å². The van der Waals surface area contributed by atoms with E-state index < -0.39 is 76.6 Å². The van der Waals surface area contributed by atoms with E-state index in [9.17, 15) is 27.6 Å². The smallest absolute Gasteiger partial charge is 0.417 e. The first-order valence-corrected chi connectivity index (χ1v) is 11.8. The molecule has 1 aliphatic rings. The SMILES string of the molecule is CC(=O)OC[C@H]1O[C@H](OC(=N)C(Cl)(Cl)Cl)[C@H](N=Cc2ccccc2C(F)(F)F)[C@@H](OC(C)=O)[C@@H]1OC(C)=O. The standard InChI is InChI=1S/C22H22Cl3F3N2O8/c1-10(31)34-9-15-17(35-11(2)32)18(36-12(3)33)16(19(37-15)38-20(29)21(23,24)25)30-8-13-6-4-5-7-14(13)22(26,27)28/h4-8,15-19,29H,9H2,1-3H3/t15-,16-,17-,18-,19-/m1/s1. The minimum absolute atomic E-state index is 0.372. The van der Waals surface area contributed by atoms with Gasteiger partial charge in [-0.05, 0) is 6.07 Å². The average Bonchev–Trinajstić information content (AvgIpc) is 2.77. The number of rotatable bonds is 7. The zero-order chi connectivity index (χ0) is 28.8. The van der Waals surface area contributed by atoms with E-state index in [1.807, 2.05) is 0 Å². The molecule has 10 nitrogen and oxygen atoms in total. The molecular weight excluding hydrogens is 584 g/mol. The molecule has 1 saturated heterocycles. The van der Waals surface area contributed by atoms with Gasteiger partial charge in [-0.2, -0.15) is 13.2 Å². The lowest BCUT2D eigenvalue weighted by Crippen LogP contribution is -2.61. The Morgan fingerprint density at radius 2 is 1.58 bits per heavy atom. The predicted molar refractivity (Wildman–Crippen MR) is 128 cm³/mol. The van der Waals surface area contributed by atoms with E-state index in [1.165, 1.54) is 12.1 Å². The highest BCUT2D eigenvalue weighted by Crippen LogP contribution is 2.35. The molecule has 2 rings (SSSR count). The van der Waals surface area contributed by atoms with Crippen LogP contribution in [0.25, 0.3) is 0 Å². The van der Waals surface area contributed by atoms with Crippen LogP contribution in [0.4, 0.5) is 13.2 Å². The largest absolute Gasteiger partial charge is 0.463 e. The van der Waals surface area contributed by atoms with Crippen LogP contribution in [0.5, 0.6) is 0 Å². The molecule has 0 aromatic heterocycles. The molecule has 1 aromatic carbocycles. The zero-order valence-electron chi connectivity index (χ0n) is 20.0. The lowest BCUT2D eigenvalue weighted by molar-refractivity contribution is -0.256. The Hall–Kier alpha value is -2.61. The van der Waals surface area contributed by atoms with E-state index >= 15 is 0 Å². The van der Waals surface area contributed by atoms with Crippen molar-refractivity contribution in [3.05, 3.63) is 35.4 Å². The number of nitrogens with one attached hydrogen (secondary N) is 1. The first kappa shape index (κ1) is 31.6. The molecule has 0 radical (unpaired) electrons. The second-order valence-electron chi connectivity index (χ2n) is 7.79. The Morgan fingerprint density at radius 3 is 2.11 bits per heavy atom. The number of halogens is 6. The van der Waals surface area contributed by atoms with Gasteiger partial charge in [0.25, 0.3) is 3.79 Å². The molecule has 1 heterocycles. The number of benzene rings is 1. The topological polar surface area (TPSA) is 134 Å². The fraction of sp³-hybridized carbons (Fsp3) is 0.500. The van der Waals surface area contributed by atoms with Gasteiger partial charge < -0.3 is 23.7 Å². The van der Waals surface area contributed by atoms with Gasteiger partial charge in [0.1, 0.15) is 12.7 Å². The molecule has 0 aliphatic carbocycles. The summed E-state index contributed by atoms with van der Waals surface area (Å²) in [6.45, 7) is 2.59. The highest BCUT2D eigenvalue weighted by molar-refractivity contribution is 6.76. The van der Waals surface area contributed by atoms with Crippen LogP contribution >= 0.6 is 34.8 Å². The molecule has 1 aliphatic heterocycles. The van der Waals surface area contributed by atoms with Gasteiger partial charge in [-0.15, -0.1) is 0 Å². The van der Waals surface area contributed by atoms with Gasteiger partial charge in [0.05, 0.1) is 5.56 Å². The third-order valence-electron chi connectivity index (χ3n) is 4.81. The molecule has 210 valence electrons. The monoisotopic (exact) mass is 604 g/mol. The van der Waals surface area contributed by atoms with Gasteiger partial charge in [-0.3, -0.25) is 24.8 Å². The van der Waals surface area contributed by atoms with E-state index in [0.29, 0.717) is 0 Å². The summed E-state index contributed by atoms with van der Waals surface area (Å²) in [5, 5.41) is 7.91. The number of nitrogens with zero attached hydrogens (tertiary/aromatic N) is 1. The number of hydrogen-bond donors (Lipinski definition) is 1. The highest BCUT2D eigenvalue weighted by atomic mass is 35.6. The summed E-state index contributed by atoms with van der Waals surface area (Å²) in [6, 6.07) is 2.90. The zero-order valence-corrected chi connectivity index (χ0v) is 22.2. The van der Waals surface area contributed by atoms with E-state index in [-0.39, 0.29) is 5.56 Å². The first-order valence-electron chi connectivity index (χ1n) is 10.7. The van der Waals surface area contributed by atoms with Crippen LogP contribution in [0, 0.1) is 5.41 Å². The first-order chi connectivity index (χ1) is 17.5. The molecule has 16 heteroatoms. The summed E-state index contributed by atoms with van der Waals surface area (Å²) < 4.78 is 64.6. The molecular formula is C22H22Cl3F3N2O8. The molecule has 38 heavy (non-hydrogen) atoms. The summed E-state index contributed by atoms with van der Waals surface area (Å²) in [5.74, 6) is -3.47. The Morgan fingerprint density at radius 1 is 1.00 bits per heavy atom. The van der Waals surface area contributed by atoms with E-state index in [0.717, 1.165) is 39.1 Å². The van der Waals surface area contributed by atoms with Gasteiger partial charge in [0, 0.05) is 32.5 Å². The summed E-state index contributed by atoms with van der Waals surface area (Å²) in [7, 11) is 0. The van der Waals surface area contributed by atoms with Crippen LogP contribution in [0.1, 0.15) is 31.9 Å². The van der Waals surface area contributed by atoms with Crippen molar-refractivity contribution in [2.45, 2.75) is 61.4 Å². The molecule has 0 bridgehead atoms. The second-order valence-corrected chi connectivity index (χ2v) is 10.1. The number of hydrogen-bond acceptors (Lipinski definition) is 10. The van der Waals surface area contributed by atoms with Crippen molar-refractivity contribution in [2.24, 2.45) is 4.99 Å². The molecule has 1 aromatic rings. The van der Waals surface area contributed by atoms with Crippen LogP contribution in [0.2, 0.25) is 0 Å². The fourth-order valence-corrected chi connectivity index (χ4v) is 3.49. The van der Waals surface area contributed by atoms with Crippen molar-refractivity contribution in [1.82, 2.24) is 0 Å². The quantitative estimate of drug-likeness (QED) is 0.162. The molecule has 5 atom stereocenters. The van der Waals surface area contributed by atoms with E-state index in [2.05, 4.69) is 4.99 Å². The second kappa shape index (κ2) is 13.0. The Kier molecular flexibility index (Phi) is 10.8. The van der Waals surface area contributed by atoms with Crippen LogP contribution in [0.15, 0.2) is 29.3 Å². The fourth-order valence-electron chi connectivity index (χ4n) is 3.36. The van der Waals surface area contributed by atoms with Gasteiger partial charge in [0.2, 0.25) is 12.2 Å². The summed E-state index contributed by atoms with van der Waals surface area (Å²) in [4.78, 5) is 39.3. The van der Waals surface area contributed by atoms with Gasteiger partial charge >= 0.3 is 24.1 Å². The number of alkyl halides is 6. The molecule has 0 unspecified atom stereocenters. The summed E-state index contributed by atoms with van der Waals surface area (Å²) in [6.07, 6.45) is -10.0. The lowest BCUT2D eigenvalue weighted by atomic mass is 9.96. The van der Waals surface area contributed by atoms with Crippen LogP contribution in [-0.2, 0) is 44.2 Å². The van der Waals surface area contributed by atoms with E-state index in [4.69, 9.17) is 63.9 Å². The lowest BCUT2D eigenvalue weighted by Gasteiger charge is -2.43. The normalized spacial score (nSPS) is 24.0. The summed E-state index contributed by atoms with van der Waals surface area (Å²) in [5.41, 5.74) is -1.40. The van der Waals surface area contributed by atoms with Gasteiger partial charge in [-0.1, -0.05) is 53.0 Å². The summed E-state index contributed by atoms with van der Waals surface area (Å²) >= 11 is 17.1. The number of esters is 3. The van der Waals surface area contributed by atoms with Crippen molar-refractivity contribution >= 4 is 64.8 Å². The Balaban J connectivity index is 2.63. The number of carbonyl (C=O) groups excluding carboxylic acids is 3. The molecule has 1 N–H and O–H groups in total. The van der Waals surface area contributed by atoms with E-state index in [1.54, 1.807) is 0 Å². The molecule has 0 saturated carbocycles. The molecule has 0 spiro atoms. The minimum Gasteiger partial charge on any atom is -0.463 e. The van der Waals surface area contributed by atoms with Crippen molar-refractivity contribution in [2.75, 3.05) is 6.61 Å². The van der Waals surface area contributed by atoms with Gasteiger partial charge in [0.15, 0.2) is 18.2 Å². The average molecular weight is 606 g/mol. The molecule has 1 fully saturated rings. The maximum absolute atomic E-state index is 13.5. The highest BCUT2D eigenvalue weighted by Gasteiger charge is 2.52.